The molecule has 3 aromatic rings. The van der Waals surface area contributed by atoms with Crippen molar-refractivity contribution >= 4 is 27.4 Å². The zero-order valence-corrected chi connectivity index (χ0v) is 13.4. The Morgan fingerprint density at radius 2 is 1.90 bits per heavy atom. The van der Waals surface area contributed by atoms with Crippen LogP contribution in [0.15, 0.2) is 30.3 Å². The average molecular weight is 297 g/mol. The first-order valence-electron chi connectivity index (χ1n) is 7.16. The second kappa shape index (κ2) is 5.82. The van der Waals surface area contributed by atoms with Crippen LogP contribution in [0.25, 0.3) is 10.2 Å². The van der Waals surface area contributed by atoms with E-state index in [1.165, 1.54) is 16.0 Å². The molecule has 21 heavy (non-hydrogen) atoms. The predicted octanol–water partition coefficient (Wildman–Crippen LogP) is 4.27. The molecule has 0 amide bonds. The highest BCUT2D eigenvalue weighted by Crippen LogP contribution is 2.28. The van der Waals surface area contributed by atoms with Crippen molar-refractivity contribution < 1.29 is 0 Å². The summed E-state index contributed by atoms with van der Waals surface area (Å²) in [4.78, 5) is 11.4. The van der Waals surface area contributed by atoms with E-state index in [0.717, 1.165) is 34.8 Å². The molecule has 0 spiro atoms. The molecule has 0 aliphatic heterocycles. The number of fused-ring (bicyclic) bond motifs is 1. The lowest BCUT2D eigenvalue weighted by atomic mass is 10.1. The molecular formula is C17H19N3S. The summed E-state index contributed by atoms with van der Waals surface area (Å²) < 4.78 is 0. The van der Waals surface area contributed by atoms with Gasteiger partial charge in [0.15, 0.2) is 0 Å². The molecule has 0 atom stereocenters. The summed E-state index contributed by atoms with van der Waals surface area (Å²) in [5, 5.41) is 4.61. The number of benzene rings is 1. The summed E-state index contributed by atoms with van der Waals surface area (Å²) >= 11 is 1.72. The fourth-order valence-electron chi connectivity index (χ4n) is 2.49. The van der Waals surface area contributed by atoms with Crippen LogP contribution in [0.3, 0.4) is 0 Å². The lowest BCUT2D eigenvalue weighted by molar-refractivity contribution is 0.985. The Bertz CT molecular complexity index is 777. The van der Waals surface area contributed by atoms with Gasteiger partial charge < -0.3 is 5.32 Å². The quantitative estimate of drug-likeness (QED) is 0.781. The van der Waals surface area contributed by atoms with E-state index in [-0.39, 0.29) is 0 Å². The second-order valence-electron chi connectivity index (χ2n) is 5.30. The predicted molar refractivity (Wildman–Crippen MR) is 90.3 cm³/mol. The summed E-state index contributed by atoms with van der Waals surface area (Å²) in [6.07, 6.45) is 1.00. The third-order valence-corrected chi connectivity index (χ3v) is 4.52. The van der Waals surface area contributed by atoms with Crippen LogP contribution in [-0.2, 0) is 6.42 Å². The Morgan fingerprint density at radius 1 is 1.10 bits per heavy atom. The lowest BCUT2D eigenvalue weighted by Crippen LogP contribution is -2.08. The van der Waals surface area contributed by atoms with Gasteiger partial charge in [0.25, 0.3) is 0 Å². The van der Waals surface area contributed by atoms with Gasteiger partial charge in [0, 0.05) is 11.4 Å². The summed E-state index contributed by atoms with van der Waals surface area (Å²) in [5.74, 6) is 1.78. The van der Waals surface area contributed by atoms with Gasteiger partial charge in [0.2, 0.25) is 0 Å². The van der Waals surface area contributed by atoms with Gasteiger partial charge in [-0.05, 0) is 44.4 Å². The first-order valence-corrected chi connectivity index (χ1v) is 7.98. The molecule has 0 aliphatic carbocycles. The normalized spacial score (nSPS) is 11.0. The topological polar surface area (TPSA) is 37.8 Å². The van der Waals surface area contributed by atoms with Crippen LogP contribution >= 0.6 is 11.3 Å². The molecule has 0 saturated carbocycles. The van der Waals surface area contributed by atoms with Crippen molar-refractivity contribution in [3.63, 3.8) is 0 Å². The first-order chi connectivity index (χ1) is 10.1. The van der Waals surface area contributed by atoms with Gasteiger partial charge in [-0.2, -0.15) is 0 Å². The highest BCUT2D eigenvalue weighted by atomic mass is 32.1. The maximum absolute atomic E-state index is 4.55. The minimum absolute atomic E-state index is 0.822. The lowest BCUT2D eigenvalue weighted by Gasteiger charge is -2.09. The van der Waals surface area contributed by atoms with Crippen molar-refractivity contribution in [2.45, 2.75) is 27.2 Å². The third kappa shape index (κ3) is 3.05. The molecule has 3 nitrogen and oxygen atoms in total. The Hall–Kier alpha value is -1.94. The molecule has 4 heteroatoms. The maximum Gasteiger partial charge on any atom is 0.138 e. The fraction of sp³-hybridized carbons (Fsp3) is 0.294. The molecule has 2 aromatic heterocycles. The molecule has 1 aromatic carbocycles. The number of hydrogen-bond acceptors (Lipinski definition) is 4. The zero-order chi connectivity index (χ0) is 14.8. The summed E-state index contributed by atoms with van der Waals surface area (Å²) in [6.45, 7) is 7.09. The number of hydrogen-bond donors (Lipinski definition) is 1. The number of aromatic nitrogens is 2. The van der Waals surface area contributed by atoms with Gasteiger partial charge in [-0.25, -0.2) is 9.97 Å². The van der Waals surface area contributed by atoms with Crippen LogP contribution in [0.5, 0.6) is 0 Å². The van der Waals surface area contributed by atoms with Crippen LogP contribution in [0.2, 0.25) is 0 Å². The monoisotopic (exact) mass is 297 g/mol. The minimum Gasteiger partial charge on any atom is -0.369 e. The number of nitrogens with one attached hydrogen (secondary N) is 1. The van der Waals surface area contributed by atoms with Crippen LogP contribution in [0.1, 0.15) is 21.8 Å². The summed E-state index contributed by atoms with van der Waals surface area (Å²) in [7, 11) is 0. The molecular weight excluding hydrogens is 278 g/mol. The summed E-state index contributed by atoms with van der Waals surface area (Å²) in [5.41, 5.74) is 2.73. The zero-order valence-electron chi connectivity index (χ0n) is 12.6. The third-order valence-electron chi connectivity index (χ3n) is 3.58. The SMILES string of the molecule is Cc1nc(NCCc2ccccc2C)c2cc(C)sc2n1. The fourth-order valence-corrected chi connectivity index (χ4v) is 3.41. The van der Waals surface area contributed by atoms with Crippen molar-refractivity contribution in [1.82, 2.24) is 9.97 Å². The van der Waals surface area contributed by atoms with Crippen molar-refractivity contribution in [1.29, 1.82) is 0 Å². The highest BCUT2D eigenvalue weighted by molar-refractivity contribution is 7.18. The minimum atomic E-state index is 0.822. The molecule has 0 bridgehead atoms. The standard InChI is InChI=1S/C17H19N3S/c1-11-6-4-5-7-14(11)8-9-18-16-15-10-12(2)21-17(15)20-13(3)19-16/h4-7,10H,8-9H2,1-3H3,(H,18,19,20). The van der Waals surface area contributed by atoms with E-state index in [1.807, 2.05) is 6.92 Å². The van der Waals surface area contributed by atoms with Crippen molar-refractivity contribution in [3.05, 3.63) is 52.2 Å². The largest absolute Gasteiger partial charge is 0.369 e. The van der Waals surface area contributed by atoms with E-state index < -0.39 is 0 Å². The number of aryl methyl sites for hydroxylation is 3. The van der Waals surface area contributed by atoms with Gasteiger partial charge in [0.05, 0.1) is 5.39 Å². The maximum atomic E-state index is 4.55. The Balaban J connectivity index is 1.78. The number of thiophene rings is 1. The number of rotatable bonds is 4. The Labute approximate surface area is 129 Å². The Kier molecular flexibility index (Phi) is 3.88. The van der Waals surface area contributed by atoms with Gasteiger partial charge >= 0.3 is 0 Å². The van der Waals surface area contributed by atoms with Crippen LogP contribution in [-0.4, -0.2) is 16.5 Å². The molecule has 108 valence electrons. The molecule has 0 fully saturated rings. The van der Waals surface area contributed by atoms with E-state index in [9.17, 15) is 0 Å². The highest BCUT2D eigenvalue weighted by Gasteiger charge is 2.08. The molecule has 3 rings (SSSR count). The molecule has 0 aliphatic rings. The van der Waals surface area contributed by atoms with E-state index in [2.05, 4.69) is 59.5 Å². The summed E-state index contributed by atoms with van der Waals surface area (Å²) in [6, 6.07) is 10.7. The van der Waals surface area contributed by atoms with Gasteiger partial charge in [0.1, 0.15) is 16.5 Å². The average Bonchev–Trinajstić information content (AvgIpc) is 2.81. The van der Waals surface area contributed by atoms with Crippen LogP contribution < -0.4 is 5.32 Å². The molecule has 0 unspecified atom stereocenters. The molecule has 0 radical (unpaired) electrons. The van der Waals surface area contributed by atoms with Crippen molar-refractivity contribution in [2.75, 3.05) is 11.9 Å². The smallest absolute Gasteiger partial charge is 0.138 e. The second-order valence-corrected chi connectivity index (χ2v) is 6.53. The van der Waals surface area contributed by atoms with Crippen molar-refractivity contribution in [2.24, 2.45) is 0 Å². The first kappa shape index (κ1) is 14.0. The van der Waals surface area contributed by atoms with Gasteiger partial charge in [-0.1, -0.05) is 24.3 Å². The van der Waals surface area contributed by atoms with E-state index in [0.29, 0.717) is 0 Å². The van der Waals surface area contributed by atoms with Crippen molar-refractivity contribution in [3.8, 4) is 0 Å². The Morgan fingerprint density at radius 3 is 2.71 bits per heavy atom. The van der Waals surface area contributed by atoms with E-state index >= 15 is 0 Å². The number of nitrogens with zero attached hydrogens (tertiary/aromatic N) is 2. The van der Waals surface area contributed by atoms with Gasteiger partial charge in [-0.15, -0.1) is 11.3 Å². The molecule has 1 N–H and O–H groups in total. The van der Waals surface area contributed by atoms with E-state index in [1.54, 1.807) is 11.3 Å². The number of anilines is 1. The van der Waals surface area contributed by atoms with Crippen LogP contribution in [0, 0.1) is 20.8 Å². The van der Waals surface area contributed by atoms with Gasteiger partial charge in [-0.3, -0.25) is 0 Å². The molecule has 0 saturated heterocycles. The molecule has 2 heterocycles. The van der Waals surface area contributed by atoms with E-state index in [4.69, 9.17) is 0 Å². The van der Waals surface area contributed by atoms with Crippen LogP contribution in [0.4, 0.5) is 5.82 Å².